The van der Waals surface area contributed by atoms with Gasteiger partial charge in [0.05, 0.1) is 25.4 Å². The Balaban J connectivity index is 0.939. The minimum atomic E-state index is -1.43. The standard InChI is InChI=1S/C40H38N10O6/c1-39(25-41,19-15-37(53)55-21-17-27-11-13-35(51)33(23-27)49-43-29-7-3-4-8-30(29)44-49)47-48-40(2,26-42)20-16-38(54)56-22-18-28-12-14-36(52)34(24-28)50-45-31-9-5-6-10-32(31)46-50/h3-14,23-24,51-52H,15-22H2,1-2H3/b48-47+. The summed E-state index contributed by atoms with van der Waals surface area (Å²) in [5.74, 6) is -1.08. The third kappa shape index (κ3) is 9.47. The lowest BCUT2D eigenvalue weighted by atomic mass is 9.97. The van der Waals surface area contributed by atoms with E-state index < -0.39 is 23.0 Å². The van der Waals surface area contributed by atoms with Crippen LogP contribution >= 0.6 is 0 Å². The number of esters is 2. The molecule has 2 aromatic heterocycles. The van der Waals surface area contributed by atoms with Crippen LogP contribution < -0.4 is 0 Å². The number of aromatic nitrogens is 6. The van der Waals surface area contributed by atoms with Crippen LogP contribution in [-0.4, -0.2) is 76.4 Å². The lowest BCUT2D eigenvalue weighted by molar-refractivity contribution is -0.144. The maximum atomic E-state index is 12.6. The lowest BCUT2D eigenvalue weighted by Crippen LogP contribution is -2.25. The number of benzene rings is 4. The SMILES string of the molecule is CC(C#N)(CCC(=O)OCCc1ccc(O)c(-n2nc3ccccc3n2)c1)/N=N/C(C)(C#N)CCC(=O)OCCc1ccc(O)c(-n2nc3ccccc3n2)c1. The summed E-state index contributed by atoms with van der Waals surface area (Å²) in [7, 11) is 0. The number of hydrogen-bond acceptors (Lipinski definition) is 14. The molecule has 0 spiro atoms. The number of nitrogens with zero attached hydrogens (tertiary/aromatic N) is 10. The molecule has 16 heteroatoms. The highest BCUT2D eigenvalue weighted by atomic mass is 16.5. The maximum Gasteiger partial charge on any atom is 0.305 e. The van der Waals surface area contributed by atoms with Crippen LogP contribution in [0.4, 0.5) is 0 Å². The number of nitriles is 2. The molecular formula is C40H38N10O6. The van der Waals surface area contributed by atoms with Crippen LogP contribution in [0.25, 0.3) is 33.4 Å². The number of phenols is 2. The van der Waals surface area contributed by atoms with Gasteiger partial charge in [-0.1, -0.05) is 36.4 Å². The summed E-state index contributed by atoms with van der Waals surface area (Å²) in [6.07, 6.45) is 0.447. The van der Waals surface area contributed by atoms with Gasteiger partial charge in [0.15, 0.2) is 11.1 Å². The van der Waals surface area contributed by atoms with E-state index in [1.165, 1.54) is 35.6 Å². The zero-order valence-corrected chi connectivity index (χ0v) is 30.7. The van der Waals surface area contributed by atoms with Crippen molar-refractivity contribution in [2.45, 2.75) is 63.5 Å². The highest BCUT2D eigenvalue weighted by Crippen LogP contribution is 2.26. The predicted octanol–water partition coefficient (Wildman–Crippen LogP) is 6.01. The summed E-state index contributed by atoms with van der Waals surface area (Å²) >= 11 is 0. The first-order valence-electron chi connectivity index (χ1n) is 17.8. The molecule has 2 atom stereocenters. The molecule has 6 aromatic rings. The second kappa shape index (κ2) is 16.9. The zero-order valence-electron chi connectivity index (χ0n) is 30.7. The van der Waals surface area contributed by atoms with Gasteiger partial charge in [-0.05, 0) is 86.3 Å². The van der Waals surface area contributed by atoms with E-state index in [1.54, 1.807) is 24.3 Å². The minimum Gasteiger partial charge on any atom is -0.506 e. The molecule has 0 aliphatic heterocycles. The molecule has 0 amide bonds. The molecule has 0 saturated carbocycles. The van der Waals surface area contributed by atoms with Gasteiger partial charge in [0, 0.05) is 25.7 Å². The molecule has 0 aliphatic carbocycles. The first-order chi connectivity index (χ1) is 27.0. The van der Waals surface area contributed by atoms with Gasteiger partial charge in [0.1, 0.15) is 44.9 Å². The van der Waals surface area contributed by atoms with Crippen LogP contribution in [0.1, 0.15) is 50.7 Å². The first kappa shape index (κ1) is 38.5. The average Bonchev–Trinajstić information content (AvgIpc) is 3.85. The number of phenolic OH excluding ortho intramolecular Hbond substituents is 2. The van der Waals surface area contributed by atoms with E-state index in [9.17, 15) is 30.3 Å². The Hall–Kier alpha value is -7.20. The molecule has 0 saturated heterocycles. The van der Waals surface area contributed by atoms with Gasteiger partial charge < -0.3 is 19.7 Å². The fourth-order valence-corrected chi connectivity index (χ4v) is 5.58. The van der Waals surface area contributed by atoms with Gasteiger partial charge in [0.25, 0.3) is 0 Å². The molecule has 2 heterocycles. The number of carbonyl (C=O) groups excluding carboxylic acids is 2. The molecule has 0 radical (unpaired) electrons. The molecule has 56 heavy (non-hydrogen) atoms. The van der Waals surface area contributed by atoms with Crippen LogP contribution in [0.2, 0.25) is 0 Å². The lowest BCUT2D eigenvalue weighted by Gasteiger charge is -2.19. The second-order valence-electron chi connectivity index (χ2n) is 13.5. The third-order valence-corrected chi connectivity index (χ3v) is 9.00. The van der Waals surface area contributed by atoms with Gasteiger partial charge >= 0.3 is 11.9 Å². The smallest absolute Gasteiger partial charge is 0.305 e. The maximum absolute atomic E-state index is 12.6. The number of rotatable bonds is 16. The van der Waals surface area contributed by atoms with Crippen LogP contribution in [0, 0.1) is 22.7 Å². The third-order valence-electron chi connectivity index (χ3n) is 9.00. The van der Waals surface area contributed by atoms with Crippen LogP contribution in [-0.2, 0) is 31.9 Å². The molecule has 2 unspecified atom stereocenters. The average molecular weight is 755 g/mol. The van der Waals surface area contributed by atoms with Crippen molar-refractivity contribution in [3.63, 3.8) is 0 Å². The largest absolute Gasteiger partial charge is 0.506 e. The Bertz CT molecular complexity index is 2260. The van der Waals surface area contributed by atoms with Crippen molar-refractivity contribution in [1.29, 1.82) is 10.5 Å². The van der Waals surface area contributed by atoms with Crippen LogP contribution in [0.15, 0.2) is 95.2 Å². The highest BCUT2D eigenvalue weighted by molar-refractivity contribution is 5.74. The Morgan fingerprint density at radius 2 is 1.00 bits per heavy atom. The van der Waals surface area contributed by atoms with E-state index >= 15 is 0 Å². The molecule has 0 fully saturated rings. The van der Waals surface area contributed by atoms with E-state index in [0.29, 0.717) is 46.3 Å². The summed E-state index contributed by atoms with van der Waals surface area (Å²) in [6.45, 7) is 3.11. The second-order valence-corrected chi connectivity index (χ2v) is 13.5. The predicted molar refractivity (Wildman–Crippen MR) is 202 cm³/mol. The van der Waals surface area contributed by atoms with Crippen molar-refractivity contribution in [2.24, 2.45) is 10.2 Å². The quantitative estimate of drug-likeness (QED) is 0.0855. The van der Waals surface area contributed by atoms with Crippen molar-refractivity contribution in [3.05, 3.63) is 96.1 Å². The highest BCUT2D eigenvalue weighted by Gasteiger charge is 2.30. The fraction of sp³-hybridized carbons (Fsp3) is 0.300. The molecule has 4 aromatic carbocycles. The van der Waals surface area contributed by atoms with Crippen LogP contribution in [0.3, 0.4) is 0 Å². The summed E-state index contributed by atoms with van der Waals surface area (Å²) in [6, 6.07) is 28.7. The Morgan fingerprint density at radius 1 is 0.643 bits per heavy atom. The number of carbonyl (C=O) groups is 2. The Labute approximate surface area is 321 Å². The van der Waals surface area contributed by atoms with E-state index in [2.05, 4.69) is 30.6 Å². The van der Waals surface area contributed by atoms with Crippen molar-refractivity contribution < 1.29 is 29.3 Å². The van der Waals surface area contributed by atoms with Crippen molar-refractivity contribution in [1.82, 2.24) is 30.0 Å². The van der Waals surface area contributed by atoms with Gasteiger partial charge in [0.2, 0.25) is 0 Å². The molecule has 2 N–H and O–H groups in total. The summed E-state index contributed by atoms with van der Waals surface area (Å²) < 4.78 is 10.8. The van der Waals surface area contributed by atoms with E-state index in [0.717, 1.165) is 11.1 Å². The molecule has 0 bridgehead atoms. The number of azo groups is 1. The summed E-state index contributed by atoms with van der Waals surface area (Å²) in [5.41, 5.74) is 2.22. The first-order valence-corrected chi connectivity index (χ1v) is 17.8. The minimum absolute atomic E-state index is 0.000975. The van der Waals surface area contributed by atoms with Gasteiger partial charge in [-0.25, -0.2) is 0 Å². The van der Waals surface area contributed by atoms with Gasteiger partial charge in [-0.3, -0.25) is 9.59 Å². The number of aromatic hydroxyl groups is 2. The molecule has 0 aliphatic rings. The monoisotopic (exact) mass is 754 g/mol. The van der Waals surface area contributed by atoms with E-state index in [4.69, 9.17) is 9.47 Å². The van der Waals surface area contributed by atoms with Gasteiger partial charge in [-0.2, -0.15) is 20.8 Å². The molecule has 284 valence electrons. The Morgan fingerprint density at radius 3 is 1.34 bits per heavy atom. The number of fused-ring (bicyclic) bond motifs is 2. The van der Waals surface area contributed by atoms with Crippen molar-refractivity contribution >= 4 is 34.0 Å². The molecular weight excluding hydrogens is 717 g/mol. The van der Waals surface area contributed by atoms with Crippen molar-refractivity contribution in [2.75, 3.05) is 13.2 Å². The van der Waals surface area contributed by atoms with E-state index in [-0.39, 0.29) is 50.4 Å². The van der Waals surface area contributed by atoms with Crippen LogP contribution in [0.5, 0.6) is 11.5 Å². The fourth-order valence-electron chi connectivity index (χ4n) is 5.58. The Kier molecular flexibility index (Phi) is 11.6. The molecule has 16 nitrogen and oxygen atoms in total. The van der Waals surface area contributed by atoms with E-state index in [1.807, 2.05) is 60.7 Å². The topological polar surface area (TPSA) is 227 Å². The number of ether oxygens (including phenoxy) is 2. The summed E-state index contributed by atoms with van der Waals surface area (Å²) in [5, 5.41) is 66.4. The number of hydrogen-bond donors (Lipinski definition) is 2. The zero-order chi connectivity index (χ0) is 39.7. The van der Waals surface area contributed by atoms with Gasteiger partial charge in [-0.15, -0.1) is 30.0 Å². The summed E-state index contributed by atoms with van der Waals surface area (Å²) in [4.78, 5) is 27.9. The normalized spacial score (nSPS) is 13.5. The van der Waals surface area contributed by atoms with Crippen molar-refractivity contribution in [3.8, 4) is 35.0 Å². The molecule has 6 rings (SSSR count).